The Balaban J connectivity index is 2.60. The number of hydrogen-bond acceptors (Lipinski definition) is 3. The zero-order valence-corrected chi connectivity index (χ0v) is 13.1. The van der Waals surface area contributed by atoms with Crippen LogP contribution in [0.15, 0.2) is 18.2 Å². The van der Waals surface area contributed by atoms with Gasteiger partial charge in [0.15, 0.2) is 0 Å². The van der Waals surface area contributed by atoms with E-state index in [0.29, 0.717) is 10.0 Å². The van der Waals surface area contributed by atoms with Gasteiger partial charge in [0, 0.05) is 21.3 Å². The molecule has 0 aliphatic carbocycles. The molecule has 3 nitrogen and oxygen atoms in total. The number of halogens is 2. The molecule has 0 heterocycles. The average Bonchev–Trinajstić information content (AvgIpc) is 2.34. The fourth-order valence-corrected chi connectivity index (χ4v) is 2.77. The molecule has 1 aromatic carbocycles. The van der Waals surface area contributed by atoms with Crippen LogP contribution in [0.25, 0.3) is 0 Å². The largest absolute Gasteiger partial charge is 0.395 e. The van der Waals surface area contributed by atoms with E-state index < -0.39 is 0 Å². The number of amides is 1. The molecule has 0 aliphatic heterocycles. The van der Waals surface area contributed by atoms with E-state index in [2.05, 4.69) is 5.32 Å². The predicted octanol–water partition coefficient (Wildman–Crippen LogP) is 2.76. The Labute approximate surface area is 127 Å². The van der Waals surface area contributed by atoms with Crippen LogP contribution in [0.3, 0.4) is 0 Å². The van der Waals surface area contributed by atoms with Gasteiger partial charge >= 0.3 is 0 Å². The molecule has 0 spiro atoms. The molecule has 0 saturated heterocycles. The predicted molar refractivity (Wildman–Crippen MR) is 82.2 cm³/mol. The highest BCUT2D eigenvalue weighted by Crippen LogP contribution is 2.21. The highest BCUT2D eigenvalue weighted by atomic mass is 35.5. The fourth-order valence-electron chi connectivity index (χ4n) is 1.67. The first-order chi connectivity index (χ1) is 8.97. The van der Waals surface area contributed by atoms with Crippen LogP contribution in [0.2, 0.25) is 10.0 Å². The van der Waals surface area contributed by atoms with Crippen molar-refractivity contribution in [3.63, 3.8) is 0 Å². The van der Waals surface area contributed by atoms with E-state index in [1.165, 1.54) is 11.8 Å². The third-order valence-corrected chi connectivity index (χ3v) is 4.54. The van der Waals surface area contributed by atoms with Crippen molar-refractivity contribution in [2.24, 2.45) is 0 Å². The van der Waals surface area contributed by atoms with Gasteiger partial charge in [-0.25, -0.2) is 0 Å². The van der Waals surface area contributed by atoms with Crippen LogP contribution in [0, 0.1) is 0 Å². The molecule has 0 radical (unpaired) electrons. The van der Waals surface area contributed by atoms with Crippen molar-refractivity contribution < 1.29 is 9.90 Å². The Hall–Kier alpha value is -0.420. The Bertz CT molecular complexity index is 439. The zero-order chi connectivity index (χ0) is 14.4. The minimum atomic E-state index is -0.121. The minimum absolute atomic E-state index is 0.00959. The summed E-state index contributed by atoms with van der Waals surface area (Å²) in [6.07, 6.45) is 2.10. The lowest BCUT2D eigenvalue weighted by molar-refractivity contribution is -0.121. The third kappa shape index (κ3) is 5.22. The first kappa shape index (κ1) is 16.6. The molecule has 1 amide bonds. The van der Waals surface area contributed by atoms with E-state index >= 15 is 0 Å². The lowest BCUT2D eigenvalue weighted by Crippen LogP contribution is -2.41. The monoisotopic (exact) mass is 321 g/mol. The van der Waals surface area contributed by atoms with Crippen LogP contribution in [0.1, 0.15) is 12.5 Å². The lowest BCUT2D eigenvalue weighted by Gasteiger charge is -2.21. The van der Waals surface area contributed by atoms with Gasteiger partial charge in [-0.05, 0) is 30.9 Å². The van der Waals surface area contributed by atoms with Crippen LogP contribution in [0.4, 0.5) is 0 Å². The summed E-state index contributed by atoms with van der Waals surface area (Å²) < 4.78 is 0. The summed E-state index contributed by atoms with van der Waals surface area (Å²) >= 11 is 13.3. The first-order valence-corrected chi connectivity index (χ1v) is 7.89. The molecule has 2 atom stereocenters. The molecule has 19 heavy (non-hydrogen) atoms. The van der Waals surface area contributed by atoms with E-state index in [4.69, 9.17) is 28.3 Å². The minimum Gasteiger partial charge on any atom is -0.395 e. The van der Waals surface area contributed by atoms with Gasteiger partial charge in [0.05, 0.1) is 13.0 Å². The SMILES string of the molecule is CSC(CO)C(C)NC(=O)Cc1ccc(Cl)cc1Cl. The number of carbonyl (C=O) groups excluding carboxylic acids is 1. The Kier molecular flexibility index (Phi) is 7.00. The van der Waals surface area contributed by atoms with Gasteiger partial charge in [0.1, 0.15) is 0 Å². The normalized spacial score (nSPS) is 13.9. The molecular weight excluding hydrogens is 305 g/mol. The summed E-state index contributed by atoms with van der Waals surface area (Å²) in [5.74, 6) is -0.121. The number of aliphatic hydroxyl groups is 1. The molecular formula is C13H17Cl2NO2S. The highest BCUT2D eigenvalue weighted by molar-refractivity contribution is 7.99. The molecule has 0 saturated carbocycles. The number of benzene rings is 1. The van der Waals surface area contributed by atoms with Crippen LogP contribution in [0.5, 0.6) is 0 Å². The molecule has 106 valence electrons. The summed E-state index contributed by atoms with van der Waals surface area (Å²) in [4.78, 5) is 11.9. The molecule has 6 heteroatoms. The van der Waals surface area contributed by atoms with E-state index in [9.17, 15) is 4.79 Å². The Morgan fingerprint density at radius 1 is 1.47 bits per heavy atom. The number of aliphatic hydroxyl groups excluding tert-OH is 1. The van der Waals surface area contributed by atoms with Crippen molar-refractivity contribution in [2.75, 3.05) is 12.9 Å². The maximum Gasteiger partial charge on any atom is 0.224 e. The quantitative estimate of drug-likeness (QED) is 0.847. The smallest absolute Gasteiger partial charge is 0.224 e. The molecule has 0 fully saturated rings. The van der Waals surface area contributed by atoms with Crippen molar-refractivity contribution >= 4 is 40.9 Å². The second-order valence-corrected chi connectivity index (χ2v) is 6.15. The second kappa shape index (κ2) is 8.00. The maximum atomic E-state index is 11.9. The number of thioether (sulfide) groups is 1. The third-order valence-electron chi connectivity index (χ3n) is 2.80. The van der Waals surface area contributed by atoms with Gasteiger partial charge in [0.2, 0.25) is 5.91 Å². The number of carbonyl (C=O) groups is 1. The molecule has 0 aromatic heterocycles. The maximum absolute atomic E-state index is 11.9. The molecule has 2 unspecified atom stereocenters. The van der Waals surface area contributed by atoms with E-state index in [1.54, 1.807) is 18.2 Å². The Morgan fingerprint density at radius 3 is 2.68 bits per heavy atom. The fraction of sp³-hybridized carbons (Fsp3) is 0.462. The van der Waals surface area contributed by atoms with Gasteiger partial charge in [0.25, 0.3) is 0 Å². The van der Waals surface area contributed by atoms with E-state index in [1.807, 2.05) is 13.2 Å². The topological polar surface area (TPSA) is 49.3 Å². The van der Waals surface area contributed by atoms with Gasteiger partial charge in [-0.2, -0.15) is 11.8 Å². The Morgan fingerprint density at radius 2 is 2.16 bits per heavy atom. The molecule has 1 rings (SSSR count). The average molecular weight is 322 g/mol. The summed E-state index contributed by atoms with van der Waals surface area (Å²) in [5.41, 5.74) is 0.737. The van der Waals surface area contributed by atoms with Crippen LogP contribution < -0.4 is 5.32 Å². The number of nitrogens with one attached hydrogen (secondary N) is 1. The van der Waals surface area contributed by atoms with E-state index in [0.717, 1.165) is 5.56 Å². The highest BCUT2D eigenvalue weighted by Gasteiger charge is 2.17. The lowest BCUT2D eigenvalue weighted by atomic mass is 10.1. The van der Waals surface area contributed by atoms with Crippen LogP contribution in [-0.4, -0.2) is 35.2 Å². The molecule has 2 N–H and O–H groups in total. The van der Waals surface area contributed by atoms with Crippen molar-refractivity contribution in [1.29, 1.82) is 0 Å². The number of hydrogen-bond donors (Lipinski definition) is 2. The van der Waals surface area contributed by atoms with Crippen molar-refractivity contribution in [3.05, 3.63) is 33.8 Å². The number of rotatable bonds is 6. The van der Waals surface area contributed by atoms with Gasteiger partial charge in [-0.3, -0.25) is 4.79 Å². The van der Waals surface area contributed by atoms with Crippen molar-refractivity contribution in [2.45, 2.75) is 24.6 Å². The van der Waals surface area contributed by atoms with Gasteiger partial charge < -0.3 is 10.4 Å². The van der Waals surface area contributed by atoms with Crippen molar-refractivity contribution in [3.8, 4) is 0 Å². The first-order valence-electron chi connectivity index (χ1n) is 5.85. The van der Waals surface area contributed by atoms with Crippen LogP contribution >= 0.6 is 35.0 Å². The summed E-state index contributed by atoms with van der Waals surface area (Å²) in [7, 11) is 0. The van der Waals surface area contributed by atoms with Crippen molar-refractivity contribution in [1.82, 2.24) is 5.32 Å². The van der Waals surface area contributed by atoms with Gasteiger partial charge in [-0.1, -0.05) is 29.3 Å². The molecule has 0 bridgehead atoms. The molecule has 0 aliphatic rings. The van der Waals surface area contributed by atoms with E-state index in [-0.39, 0.29) is 30.2 Å². The zero-order valence-electron chi connectivity index (χ0n) is 10.8. The summed E-state index contributed by atoms with van der Waals surface area (Å²) in [6, 6.07) is 4.97. The van der Waals surface area contributed by atoms with Gasteiger partial charge in [-0.15, -0.1) is 0 Å². The van der Waals surface area contributed by atoms with Crippen LogP contribution in [-0.2, 0) is 11.2 Å². The standard InChI is InChI=1S/C13H17Cl2NO2S/c1-8(12(7-17)19-2)16-13(18)5-9-3-4-10(14)6-11(9)15/h3-4,6,8,12,17H,5,7H2,1-2H3,(H,16,18). The summed E-state index contributed by atoms with van der Waals surface area (Å²) in [5, 5.41) is 13.0. The second-order valence-electron chi connectivity index (χ2n) is 4.23. The molecule has 1 aromatic rings. The summed E-state index contributed by atoms with van der Waals surface area (Å²) in [6.45, 7) is 1.91.